The number of ether oxygens (including phenoxy) is 1. The van der Waals surface area contributed by atoms with Crippen molar-refractivity contribution in [3.63, 3.8) is 0 Å². The predicted molar refractivity (Wildman–Crippen MR) is 62.4 cm³/mol. The standard InChI is InChI=1S/C11H13ClN2O2/c12-8-1-3-9(4-2-8)14-11(10(13)15)5-6-16-7-11/h1-4,14H,5-7H2,(H2,13,15). The summed E-state index contributed by atoms with van der Waals surface area (Å²) >= 11 is 5.78. The topological polar surface area (TPSA) is 64.4 Å². The van der Waals surface area contributed by atoms with Crippen molar-refractivity contribution in [2.45, 2.75) is 12.0 Å². The fraction of sp³-hybridized carbons (Fsp3) is 0.364. The Bertz CT molecular complexity index is 385. The number of nitrogens with one attached hydrogen (secondary N) is 1. The number of hydrogen-bond acceptors (Lipinski definition) is 3. The van der Waals surface area contributed by atoms with Crippen molar-refractivity contribution in [3.8, 4) is 0 Å². The second-order valence-corrected chi connectivity index (χ2v) is 4.32. The maximum Gasteiger partial charge on any atom is 0.245 e. The number of anilines is 1. The van der Waals surface area contributed by atoms with E-state index in [1.807, 2.05) is 12.1 Å². The van der Waals surface area contributed by atoms with Gasteiger partial charge in [-0.3, -0.25) is 4.79 Å². The van der Waals surface area contributed by atoms with Gasteiger partial charge in [-0.1, -0.05) is 11.6 Å². The Hall–Kier alpha value is -1.26. The van der Waals surface area contributed by atoms with Gasteiger partial charge in [-0.2, -0.15) is 0 Å². The van der Waals surface area contributed by atoms with Crippen LogP contribution in [0.5, 0.6) is 0 Å². The summed E-state index contributed by atoms with van der Waals surface area (Å²) in [4.78, 5) is 11.4. The molecule has 0 bridgehead atoms. The van der Waals surface area contributed by atoms with E-state index >= 15 is 0 Å². The van der Waals surface area contributed by atoms with Crippen molar-refractivity contribution in [2.75, 3.05) is 18.5 Å². The van der Waals surface area contributed by atoms with Gasteiger partial charge in [0.05, 0.1) is 6.61 Å². The van der Waals surface area contributed by atoms with Gasteiger partial charge in [0.15, 0.2) is 0 Å². The first-order valence-corrected chi connectivity index (χ1v) is 5.42. The van der Waals surface area contributed by atoms with E-state index in [4.69, 9.17) is 22.1 Å². The van der Waals surface area contributed by atoms with Gasteiger partial charge in [0.25, 0.3) is 0 Å². The van der Waals surface area contributed by atoms with Gasteiger partial charge in [0, 0.05) is 23.7 Å². The zero-order chi connectivity index (χ0) is 11.6. The van der Waals surface area contributed by atoms with Gasteiger partial charge in [-0.25, -0.2) is 0 Å². The van der Waals surface area contributed by atoms with E-state index in [-0.39, 0.29) is 5.91 Å². The zero-order valence-corrected chi connectivity index (χ0v) is 9.46. The third kappa shape index (κ3) is 2.13. The first kappa shape index (κ1) is 11.2. The first-order chi connectivity index (χ1) is 7.62. The molecule has 2 rings (SSSR count). The zero-order valence-electron chi connectivity index (χ0n) is 8.70. The smallest absolute Gasteiger partial charge is 0.245 e. The van der Waals surface area contributed by atoms with E-state index in [2.05, 4.69) is 5.32 Å². The average Bonchev–Trinajstić information content (AvgIpc) is 2.71. The highest BCUT2D eigenvalue weighted by Crippen LogP contribution is 2.25. The molecule has 1 aromatic rings. The summed E-state index contributed by atoms with van der Waals surface area (Å²) in [5.41, 5.74) is 5.43. The Morgan fingerprint density at radius 1 is 1.44 bits per heavy atom. The van der Waals surface area contributed by atoms with Gasteiger partial charge in [0.2, 0.25) is 5.91 Å². The van der Waals surface area contributed by atoms with Crippen molar-refractivity contribution in [1.29, 1.82) is 0 Å². The second kappa shape index (κ2) is 4.31. The largest absolute Gasteiger partial charge is 0.378 e. The van der Waals surface area contributed by atoms with Crippen LogP contribution in [-0.4, -0.2) is 24.7 Å². The molecule has 16 heavy (non-hydrogen) atoms. The number of hydrogen-bond donors (Lipinski definition) is 2. The molecule has 1 amide bonds. The Kier molecular flexibility index (Phi) is 3.03. The molecule has 1 aliphatic rings. The molecule has 1 aliphatic heterocycles. The van der Waals surface area contributed by atoms with Gasteiger partial charge >= 0.3 is 0 Å². The lowest BCUT2D eigenvalue weighted by molar-refractivity contribution is -0.122. The van der Waals surface area contributed by atoms with E-state index in [1.54, 1.807) is 12.1 Å². The fourth-order valence-electron chi connectivity index (χ4n) is 1.73. The maximum absolute atomic E-state index is 11.4. The van der Waals surface area contributed by atoms with E-state index < -0.39 is 5.54 Å². The molecule has 0 aromatic heterocycles. The second-order valence-electron chi connectivity index (χ2n) is 3.88. The SMILES string of the molecule is NC(=O)C1(Nc2ccc(Cl)cc2)CCOC1. The molecule has 4 nitrogen and oxygen atoms in total. The lowest BCUT2D eigenvalue weighted by Crippen LogP contribution is -2.51. The minimum Gasteiger partial charge on any atom is -0.378 e. The Morgan fingerprint density at radius 3 is 2.62 bits per heavy atom. The Labute approximate surface area is 98.7 Å². The van der Waals surface area contributed by atoms with Crippen LogP contribution in [0, 0.1) is 0 Å². The summed E-state index contributed by atoms with van der Waals surface area (Å²) in [6.45, 7) is 0.856. The normalized spacial score (nSPS) is 24.3. The third-order valence-corrected chi connectivity index (χ3v) is 2.97. The third-order valence-electron chi connectivity index (χ3n) is 2.72. The number of amides is 1. The van der Waals surface area contributed by atoms with Crippen LogP contribution in [-0.2, 0) is 9.53 Å². The Balaban J connectivity index is 2.18. The summed E-state index contributed by atoms with van der Waals surface area (Å²) in [5, 5.41) is 3.78. The van der Waals surface area contributed by atoms with Crippen LogP contribution >= 0.6 is 11.6 Å². The molecule has 3 N–H and O–H groups in total. The number of rotatable bonds is 3. The molecular formula is C11H13ClN2O2. The number of carbonyl (C=O) groups is 1. The van der Waals surface area contributed by atoms with Crippen molar-refractivity contribution >= 4 is 23.2 Å². The Morgan fingerprint density at radius 2 is 2.12 bits per heavy atom. The highest BCUT2D eigenvalue weighted by atomic mass is 35.5. The molecule has 0 aliphatic carbocycles. The molecular weight excluding hydrogens is 228 g/mol. The summed E-state index contributed by atoms with van der Waals surface area (Å²) in [5.74, 6) is -0.389. The molecule has 5 heteroatoms. The molecule has 1 fully saturated rings. The number of primary amides is 1. The van der Waals surface area contributed by atoms with Gasteiger partial charge < -0.3 is 15.8 Å². The van der Waals surface area contributed by atoms with E-state index in [0.717, 1.165) is 5.69 Å². The number of nitrogens with two attached hydrogens (primary N) is 1. The molecule has 86 valence electrons. The molecule has 0 radical (unpaired) electrons. The summed E-state index contributed by atoms with van der Waals surface area (Å²) in [6.07, 6.45) is 0.588. The molecule has 1 heterocycles. The van der Waals surface area contributed by atoms with Crippen molar-refractivity contribution < 1.29 is 9.53 Å². The van der Waals surface area contributed by atoms with E-state index in [9.17, 15) is 4.79 Å². The van der Waals surface area contributed by atoms with Gasteiger partial charge in [-0.05, 0) is 24.3 Å². The highest BCUT2D eigenvalue weighted by molar-refractivity contribution is 6.30. The van der Waals surface area contributed by atoms with Crippen LogP contribution in [0.15, 0.2) is 24.3 Å². The van der Waals surface area contributed by atoms with Crippen LogP contribution in [0.3, 0.4) is 0 Å². The lowest BCUT2D eigenvalue weighted by Gasteiger charge is -2.26. The van der Waals surface area contributed by atoms with Crippen LogP contribution in [0.2, 0.25) is 5.02 Å². The number of carbonyl (C=O) groups excluding carboxylic acids is 1. The number of halogens is 1. The van der Waals surface area contributed by atoms with Crippen molar-refractivity contribution in [1.82, 2.24) is 0 Å². The lowest BCUT2D eigenvalue weighted by atomic mass is 9.97. The van der Waals surface area contributed by atoms with E-state index in [0.29, 0.717) is 24.7 Å². The summed E-state index contributed by atoms with van der Waals surface area (Å²) in [7, 11) is 0. The van der Waals surface area contributed by atoms with Crippen molar-refractivity contribution in [2.24, 2.45) is 5.73 Å². The fourth-order valence-corrected chi connectivity index (χ4v) is 1.85. The van der Waals surface area contributed by atoms with Gasteiger partial charge in [-0.15, -0.1) is 0 Å². The molecule has 1 aromatic carbocycles. The van der Waals surface area contributed by atoms with Crippen LogP contribution in [0.1, 0.15) is 6.42 Å². The summed E-state index contributed by atoms with van der Waals surface area (Å²) < 4.78 is 5.23. The average molecular weight is 241 g/mol. The van der Waals surface area contributed by atoms with Crippen LogP contribution < -0.4 is 11.1 Å². The molecule has 1 atom stereocenters. The summed E-state index contributed by atoms with van der Waals surface area (Å²) in [6, 6.07) is 7.14. The van der Waals surface area contributed by atoms with Crippen LogP contribution in [0.25, 0.3) is 0 Å². The minimum atomic E-state index is -0.784. The van der Waals surface area contributed by atoms with Crippen LogP contribution in [0.4, 0.5) is 5.69 Å². The van der Waals surface area contributed by atoms with Gasteiger partial charge in [0.1, 0.15) is 5.54 Å². The molecule has 1 unspecified atom stereocenters. The molecule has 1 saturated heterocycles. The molecule has 0 saturated carbocycles. The van der Waals surface area contributed by atoms with Crippen molar-refractivity contribution in [3.05, 3.63) is 29.3 Å². The highest BCUT2D eigenvalue weighted by Gasteiger charge is 2.40. The van der Waals surface area contributed by atoms with E-state index in [1.165, 1.54) is 0 Å². The maximum atomic E-state index is 11.4. The minimum absolute atomic E-state index is 0.310. The predicted octanol–water partition coefficient (Wildman–Crippen LogP) is 1.40. The first-order valence-electron chi connectivity index (χ1n) is 5.04. The number of benzene rings is 1. The molecule has 0 spiro atoms. The quantitative estimate of drug-likeness (QED) is 0.839. The monoisotopic (exact) mass is 240 g/mol.